The van der Waals surface area contributed by atoms with Gasteiger partial charge in [0.25, 0.3) is 0 Å². The molecule has 232 valence electrons. The van der Waals surface area contributed by atoms with Gasteiger partial charge in [-0.05, 0) is 88.9 Å². The van der Waals surface area contributed by atoms with Gasteiger partial charge in [0.15, 0.2) is 0 Å². The highest BCUT2D eigenvalue weighted by atomic mass is 32.1. The second kappa shape index (κ2) is 12.7. The first-order valence-corrected chi connectivity index (χ1v) is 17.4. The Morgan fingerprint density at radius 2 is 1.64 bits per heavy atom. The van der Waals surface area contributed by atoms with Gasteiger partial charge in [0.05, 0.1) is 11.8 Å². The third-order valence-corrected chi connectivity index (χ3v) is 11.2. The van der Waals surface area contributed by atoms with E-state index in [1.807, 2.05) is 30.4 Å². The molecule has 3 N–H and O–H groups in total. The van der Waals surface area contributed by atoms with Gasteiger partial charge in [0.2, 0.25) is 0 Å². The topological polar surface area (TPSA) is 49.9 Å². The van der Waals surface area contributed by atoms with Crippen molar-refractivity contribution in [3.8, 4) is 21.6 Å². The average molecular weight is 617 g/mol. The third-order valence-electron chi connectivity index (χ3n) is 10.1. The summed E-state index contributed by atoms with van der Waals surface area (Å²) in [6, 6.07) is 22.5. The van der Waals surface area contributed by atoms with E-state index in [0.717, 1.165) is 44.9 Å². The minimum Gasteiger partial charge on any atom is -0.319 e. The molecule has 3 aromatic carbocycles. The summed E-state index contributed by atoms with van der Waals surface area (Å²) in [4.78, 5) is 1.86. The summed E-state index contributed by atoms with van der Waals surface area (Å²) in [6.45, 7) is 11.2. The smallest absolute Gasteiger partial charge is 0.132 e. The van der Waals surface area contributed by atoms with Crippen molar-refractivity contribution >= 4 is 28.2 Å². The molecule has 0 saturated heterocycles. The number of rotatable bonds is 10. The maximum Gasteiger partial charge on any atom is 0.132 e. The Labute approximate surface area is 272 Å². The lowest BCUT2D eigenvalue weighted by atomic mass is 9.80. The van der Waals surface area contributed by atoms with E-state index in [0.29, 0.717) is 17.2 Å². The number of hydrogen-bond donors (Lipinski definition) is 2. The number of fused-ring (bicyclic) bond motifs is 3. The van der Waals surface area contributed by atoms with E-state index in [2.05, 4.69) is 77.1 Å². The van der Waals surface area contributed by atoms with Gasteiger partial charge in [-0.3, -0.25) is 0 Å². The van der Waals surface area contributed by atoms with Crippen LogP contribution in [-0.4, -0.2) is 11.8 Å². The van der Waals surface area contributed by atoms with E-state index < -0.39 is 6.04 Å². The fourth-order valence-corrected chi connectivity index (χ4v) is 8.28. The first-order valence-electron chi connectivity index (χ1n) is 16.5. The van der Waals surface area contributed by atoms with E-state index in [4.69, 9.17) is 11.1 Å². The van der Waals surface area contributed by atoms with E-state index >= 15 is 4.39 Å². The van der Waals surface area contributed by atoms with Crippen molar-refractivity contribution < 1.29 is 4.39 Å². The summed E-state index contributed by atoms with van der Waals surface area (Å²) < 4.78 is 15.4. The molecule has 1 heterocycles. The molecular formula is C41H45FN2S. The molecule has 0 fully saturated rings. The molecular weight excluding hydrogens is 572 g/mol. The molecule has 4 heteroatoms. The molecule has 1 aromatic heterocycles. The van der Waals surface area contributed by atoms with Gasteiger partial charge in [-0.15, -0.1) is 11.3 Å². The highest BCUT2D eigenvalue weighted by molar-refractivity contribution is 7.16. The van der Waals surface area contributed by atoms with Crippen LogP contribution in [0, 0.1) is 24.1 Å². The maximum absolute atomic E-state index is 15.4. The van der Waals surface area contributed by atoms with Crippen molar-refractivity contribution in [2.75, 3.05) is 0 Å². The largest absolute Gasteiger partial charge is 0.319 e. The molecule has 2 atom stereocenters. The SMILES string of the molecule is CCCCC(CC)CCc1ccc(-c2ccc(C3=CC=C(c4ccc5c(c4)C(C)(C)c4ccc(C)cc4-5)C(=N)C3N)s2)c(F)c1. The zero-order valence-corrected chi connectivity index (χ0v) is 28.1. The molecule has 6 rings (SSSR count). The number of thiophene rings is 1. The lowest BCUT2D eigenvalue weighted by Crippen LogP contribution is -2.33. The average Bonchev–Trinajstić information content (AvgIpc) is 3.59. The summed E-state index contributed by atoms with van der Waals surface area (Å²) in [6.07, 6.45) is 11.1. The summed E-state index contributed by atoms with van der Waals surface area (Å²) in [7, 11) is 0. The van der Waals surface area contributed by atoms with Crippen LogP contribution in [0.3, 0.4) is 0 Å². The molecule has 0 saturated carbocycles. The summed E-state index contributed by atoms with van der Waals surface area (Å²) >= 11 is 1.54. The lowest BCUT2D eigenvalue weighted by molar-refractivity contribution is 0.421. The number of nitrogens with two attached hydrogens (primary N) is 1. The number of hydrogen-bond acceptors (Lipinski definition) is 3. The Morgan fingerprint density at radius 3 is 2.40 bits per heavy atom. The van der Waals surface area contributed by atoms with Gasteiger partial charge in [-0.25, -0.2) is 4.39 Å². The Kier molecular flexibility index (Phi) is 8.83. The van der Waals surface area contributed by atoms with E-state index in [9.17, 15) is 0 Å². The number of allylic oxidation sites excluding steroid dienone is 2. The summed E-state index contributed by atoms with van der Waals surface area (Å²) in [5, 5.41) is 9.08. The minimum absolute atomic E-state index is 0.109. The van der Waals surface area contributed by atoms with Crippen molar-refractivity contribution in [2.45, 2.75) is 84.6 Å². The Morgan fingerprint density at radius 1 is 0.867 bits per heavy atom. The van der Waals surface area contributed by atoms with Crippen LogP contribution < -0.4 is 5.73 Å². The van der Waals surface area contributed by atoms with Crippen LogP contribution in [0.2, 0.25) is 0 Å². The zero-order valence-electron chi connectivity index (χ0n) is 27.3. The van der Waals surface area contributed by atoms with Crippen LogP contribution in [0.4, 0.5) is 4.39 Å². The molecule has 4 aromatic rings. The van der Waals surface area contributed by atoms with Gasteiger partial charge >= 0.3 is 0 Å². The number of aryl methyl sites for hydroxylation is 2. The lowest BCUT2D eigenvalue weighted by Gasteiger charge is -2.25. The number of nitrogens with one attached hydrogen (secondary N) is 1. The molecule has 0 bridgehead atoms. The highest BCUT2D eigenvalue weighted by Gasteiger charge is 2.36. The van der Waals surface area contributed by atoms with Crippen LogP contribution in [0.1, 0.15) is 92.5 Å². The monoisotopic (exact) mass is 616 g/mol. The molecule has 0 spiro atoms. The van der Waals surface area contributed by atoms with Gasteiger partial charge in [-0.2, -0.15) is 0 Å². The Hall–Kier alpha value is -3.60. The summed E-state index contributed by atoms with van der Waals surface area (Å²) in [5.74, 6) is 0.543. The molecule has 2 aliphatic rings. The van der Waals surface area contributed by atoms with E-state index in [1.54, 1.807) is 17.4 Å². The minimum atomic E-state index is -0.552. The van der Waals surface area contributed by atoms with Crippen LogP contribution in [0.25, 0.3) is 32.7 Å². The van der Waals surface area contributed by atoms with E-state index in [-0.39, 0.29) is 11.2 Å². The van der Waals surface area contributed by atoms with Crippen molar-refractivity contribution in [3.05, 3.63) is 117 Å². The van der Waals surface area contributed by atoms with Crippen molar-refractivity contribution in [3.63, 3.8) is 0 Å². The van der Waals surface area contributed by atoms with Crippen molar-refractivity contribution in [1.29, 1.82) is 5.41 Å². The van der Waals surface area contributed by atoms with Crippen LogP contribution >= 0.6 is 11.3 Å². The fourth-order valence-electron chi connectivity index (χ4n) is 7.18. The predicted molar refractivity (Wildman–Crippen MR) is 192 cm³/mol. The van der Waals surface area contributed by atoms with Crippen molar-refractivity contribution in [2.24, 2.45) is 11.7 Å². The van der Waals surface area contributed by atoms with Crippen LogP contribution in [0.5, 0.6) is 0 Å². The maximum atomic E-state index is 15.4. The quantitative estimate of drug-likeness (QED) is 0.183. The van der Waals surface area contributed by atoms with Gasteiger partial charge < -0.3 is 11.1 Å². The predicted octanol–water partition coefficient (Wildman–Crippen LogP) is 11.1. The Balaban J connectivity index is 1.22. The van der Waals surface area contributed by atoms with Gasteiger partial charge in [0, 0.05) is 26.3 Å². The van der Waals surface area contributed by atoms with Crippen molar-refractivity contribution in [1.82, 2.24) is 0 Å². The molecule has 2 aliphatic carbocycles. The number of unbranched alkanes of at least 4 members (excludes halogenated alkanes) is 1. The third kappa shape index (κ3) is 5.91. The van der Waals surface area contributed by atoms with Crippen LogP contribution in [0.15, 0.2) is 78.9 Å². The Bertz CT molecular complexity index is 1820. The standard InChI is InChI=1S/C41H45FN2S/c1-6-8-9-26(7-2)11-12-27-13-15-31(36(42)23-27)37-20-21-38(45-37)32-18-17-29(39(43)40(32)44)28-14-16-30-33-22-25(3)10-19-34(33)41(4,5)35(30)24-28/h10,13-24,26,40,43H,6-9,11-12,44H2,1-5H3. The first kappa shape index (κ1) is 31.4. The fraction of sp³-hybridized carbons (Fsp3) is 0.341. The molecule has 2 nitrogen and oxygen atoms in total. The first-order chi connectivity index (χ1) is 21.6. The molecule has 0 radical (unpaired) electrons. The second-order valence-corrected chi connectivity index (χ2v) is 14.5. The summed E-state index contributed by atoms with van der Waals surface area (Å²) in [5.41, 5.74) is 18.0. The molecule has 0 amide bonds. The van der Waals surface area contributed by atoms with E-state index in [1.165, 1.54) is 53.5 Å². The van der Waals surface area contributed by atoms with Gasteiger partial charge in [-0.1, -0.05) is 114 Å². The molecule has 2 unspecified atom stereocenters. The number of halogens is 1. The molecule has 0 aliphatic heterocycles. The second-order valence-electron chi connectivity index (χ2n) is 13.5. The number of benzene rings is 3. The highest BCUT2D eigenvalue weighted by Crippen LogP contribution is 2.50. The van der Waals surface area contributed by atoms with Gasteiger partial charge in [0.1, 0.15) is 5.82 Å². The van der Waals surface area contributed by atoms with Crippen LogP contribution in [-0.2, 0) is 11.8 Å². The zero-order chi connectivity index (χ0) is 31.9. The molecule has 45 heavy (non-hydrogen) atoms. The normalized spacial score (nSPS) is 17.5.